The molecule has 1 atom stereocenters. The lowest BCUT2D eigenvalue weighted by Gasteiger charge is -2.28. The van der Waals surface area contributed by atoms with Crippen molar-refractivity contribution in [3.8, 4) is 5.75 Å². The summed E-state index contributed by atoms with van der Waals surface area (Å²) in [6, 6.07) is 4.93. The fraction of sp³-hybridized carbons (Fsp3) is 0.500. The van der Waals surface area contributed by atoms with E-state index >= 15 is 0 Å². The van der Waals surface area contributed by atoms with Crippen LogP contribution in [0.25, 0.3) is 0 Å². The number of carbonyl (C=O) groups excluding carboxylic acids is 1. The molecule has 20 heavy (non-hydrogen) atoms. The standard InChI is InChI=1S/C14H20ClN3O2/c1-20-12-4-3-10(9-11(12)15)13(14(16)19)18-7-2-5-17-6-8-18/h3-4,9,13,17H,2,5-8H2,1H3,(H2,16,19). The Morgan fingerprint density at radius 1 is 1.45 bits per heavy atom. The number of amides is 1. The molecule has 1 saturated heterocycles. The summed E-state index contributed by atoms with van der Waals surface area (Å²) in [6.07, 6.45) is 0.994. The number of hydrogen-bond acceptors (Lipinski definition) is 4. The van der Waals surface area contributed by atoms with Gasteiger partial charge in [-0.3, -0.25) is 9.69 Å². The number of halogens is 1. The summed E-state index contributed by atoms with van der Waals surface area (Å²) in [4.78, 5) is 14.0. The van der Waals surface area contributed by atoms with Crippen molar-refractivity contribution in [3.63, 3.8) is 0 Å². The number of hydrogen-bond donors (Lipinski definition) is 2. The van der Waals surface area contributed by atoms with Crippen LogP contribution in [0, 0.1) is 0 Å². The highest BCUT2D eigenvalue weighted by Crippen LogP contribution is 2.30. The molecule has 1 heterocycles. The molecule has 110 valence electrons. The number of ether oxygens (including phenoxy) is 1. The van der Waals surface area contributed by atoms with Gasteiger partial charge in [0.05, 0.1) is 12.1 Å². The number of nitrogens with zero attached hydrogens (tertiary/aromatic N) is 1. The number of carbonyl (C=O) groups is 1. The molecule has 0 aliphatic carbocycles. The lowest BCUT2D eigenvalue weighted by molar-refractivity contribution is -0.123. The molecule has 2 rings (SSSR count). The molecular formula is C14H20ClN3O2. The fourth-order valence-electron chi connectivity index (χ4n) is 2.53. The van der Waals surface area contributed by atoms with E-state index in [0.29, 0.717) is 10.8 Å². The van der Waals surface area contributed by atoms with Crippen LogP contribution in [0.3, 0.4) is 0 Å². The normalized spacial score (nSPS) is 18.3. The first-order valence-electron chi connectivity index (χ1n) is 6.71. The Morgan fingerprint density at radius 3 is 2.90 bits per heavy atom. The van der Waals surface area contributed by atoms with Crippen molar-refractivity contribution in [1.29, 1.82) is 0 Å². The van der Waals surface area contributed by atoms with Gasteiger partial charge in [0, 0.05) is 19.6 Å². The Morgan fingerprint density at radius 2 is 2.25 bits per heavy atom. The lowest BCUT2D eigenvalue weighted by Crippen LogP contribution is -2.39. The minimum absolute atomic E-state index is 0.354. The molecular weight excluding hydrogens is 278 g/mol. The zero-order valence-electron chi connectivity index (χ0n) is 11.6. The fourth-order valence-corrected chi connectivity index (χ4v) is 2.80. The second-order valence-electron chi connectivity index (χ2n) is 4.84. The van der Waals surface area contributed by atoms with Crippen molar-refractivity contribution < 1.29 is 9.53 Å². The van der Waals surface area contributed by atoms with E-state index in [9.17, 15) is 4.79 Å². The van der Waals surface area contributed by atoms with Gasteiger partial charge in [-0.05, 0) is 30.7 Å². The highest BCUT2D eigenvalue weighted by Gasteiger charge is 2.26. The van der Waals surface area contributed by atoms with E-state index in [0.717, 1.165) is 38.2 Å². The van der Waals surface area contributed by atoms with Crippen LogP contribution in [0.1, 0.15) is 18.0 Å². The molecule has 6 heteroatoms. The zero-order valence-corrected chi connectivity index (χ0v) is 12.3. The van der Waals surface area contributed by atoms with E-state index in [4.69, 9.17) is 22.1 Å². The van der Waals surface area contributed by atoms with Gasteiger partial charge in [0.1, 0.15) is 11.8 Å². The molecule has 1 amide bonds. The molecule has 1 aliphatic rings. The van der Waals surface area contributed by atoms with Gasteiger partial charge in [0.25, 0.3) is 0 Å². The van der Waals surface area contributed by atoms with E-state index in [-0.39, 0.29) is 5.91 Å². The van der Waals surface area contributed by atoms with Gasteiger partial charge in [0.2, 0.25) is 5.91 Å². The molecule has 1 unspecified atom stereocenters. The number of benzene rings is 1. The molecule has 0 aromatic heterocycles. The highest BCUT2D eigenvalue weighted by atomic mass is 35.5. The molecule has 0 bridgehead atoms. The summed E-state index contributed by atoms with van der Waals surface area (Å²) in [7, 11) is 1.56. The summed E-state index contributed by atoms with van der Waals surface area (Å²) in [5.41, 5.74) is 6.41. The van der Waals surface area contributed by atoms with Gasteiger partial charge in [-0.15, -0.1) is 0 Å². The second-order valence-corrected chi connectivity index (χ2v) is 5.25. The summed E-state index contributed by atoms with van der Waals surface area (Å²) in [5, 5.41) is 3.80. The monoisotopic (exact) mass is 297 g/mol. The molecule has 0 saturated carbocycles. The number of methoxy groups -OCH3 is 1. The van der Waals surface area contributed by atoms with Crippen LogP contribution in [-0.4, -0.2) is 44.1 Å². The molecule has 1 fully saturated rings. The predicted molar refractivity (Wildman–Crippen MR) is 79.0 cm³/mol. The Kier molecular flexibility index (Phi) is 5.23. The zero-order chi connectivity index (χ0) is 14.5. The largest absolute Gasteiger partial charge is 0.495 e. The topological polar surface area (TPSA) is 67.6 Å². The molecule has 0 radical (unpaired) electrons. The molecule has 1 aliphatic heterocycles. The van der Waals surface area contributed by atoms with Gasteiger partial charge in [-0.25, -0.2) is 0 Å². The molecule has 1 aromatic carbocycles. The molecule has 0 spiro atoms. The molecule has 3 N–H and O–H groups in total. The minimum atomic E-state index is -0.446. The van der Waals surface area contributed by atoms with Crippen molar-refractivity contribution in [3.05, 3.63) is 28.8 Å². The van der Waals surface area contributed by atoms with Gasteiger partial charge >= 0.3 is 0 Å². The van der Waals surface area contributed by atoms with Crippen LogP contribution in [0.4, 0.5) is 0 Å². The molecule has 5 nitrogen and oxygen atoms in total. The maximum Gasteiger partial charge on any atom is 0.239 e. The lowest BCUT2D eigenvalue weighted by atomic mass is 10.0. The van der Waals surface area contributed by atoms with Crippen LogP contribution >= 0.6 is 11.6 Å². The number of primary amides is 1. The predicted octanol–water partition coefficient (Wildman–Crippen LogP) is 1.17. The second kappa shape index (κ2) is 6.92. The Balaban J connectivity index is 2.27. The third-order valence-corrected chi connectivity index (χ3v) is 3.80. The van der Waals surface area contributed by atoms with Gasteiger partial charge < -0.3 is 15.8 Å². The summed E-state index contributed by atoms with van der Waals surface area (Å²) in [6.45, 7) is 3.44. The Hall–Kier alpha value is -1.30. The molecule has 1 aromatic rings. The average molecular weight is 298 g/mol. The Bertz CT molecular complexity index is 473. The number of nitrogens with two attached hydrogens (primary N) is 1. The van der Waals surface area contributed by atoms with Gasteiger partial charge in [0.15, 0.2) is 0 Å². The van der Waals surface area contributed by atoms with E-state index in [1.54, 1.807) is 19.2 Å². The first-order valence-corrected chi connectivity index (χ1v) is 7.09. The number of nitrogens with one attached hydrogen (secondary N) is 1. The third-order valence-electron chi connectivity index (χ3n) is 3.50. The van der Waals surface area contributed by atoms with E-state index in [1.807, 2.05) is 6.07 Å². The van der Waals surface area contributed by atoms with Crippen molar-refractivity contribution >= 4 is 17.5 Å². The summed E-state index contributed by atoms with van der Waals surface area (Å²) >= 11 is 6.14. The highest BCUT2D eigenvalue weighted by molar-refractivity contribution is 6.32. The van der Waals surface area contributed by atoms with Crippen LogP contribution in [0.15, 0.2) is 18.2 Å². The van der Waals surface area contributed by atoms with Crippen LogP contribution in [0.2, 0.25) is 5.02 Å². The number of rotatable bonds is 4. The third kappa shape index (κ3) is 3.42. The minimum Gasteiger partial charge on any atom is -0.495 e. The maximum absolute atomic E-state index is 11.9. The quantitative estimate of drug-likeness (QED) is 0.875. The van der Waals surface area contributed by atoms with Crippen LogP contribution < -0.4 is 15.8 Å². The van der Waals surface area contributed by atoms with Crippen LogP contribution in [-0.2, 0) is 4.79 Å². The first kappa shape index (κ1) is 15.1. The van der Waals surface area contributed by atoms with Crippen molar-refractivity contribution in [2.45, 2.75) is 12.5 Å². The summed E-state index contributed by atoms with van der Waals surface area (Å²) < 4.78 is 5.13. The van der Waals surface area contributed by atoms with Crippen molar-refractivity contribution in [2.24, 2.45) is 5.73 Å². The Labute approximate surface area is 124 Å². The van der Waals surface area contributed by atoms with E-state index < -0.39 is 6.04 Å². The maximum atomic E-state index is 11.9. The SMILES string of the molecule is COc1ccc(C(C(N)=O)N2CCCNCC2)cc1Cl. The van der Waals surface area contributed by atoms with E-state index in [1.165, 1.54) is 0 Å². The van der Waals surface area contributed by atoms with Gasteiger partial charge in [-0.2, -0.15) is 0 Å². The summed E-state index contributed by atoms with van der Waals surface area (Å²) in [5.74, 6) is 0.240. The first-order chi connectivity index (χ1) is 9.63. The smallest absolute Gasteiger partial charge is 0.239 e. The van der Waals surface area contributed by atoms with Crippen molar-refractivity contribution in [1.82, 2.24) is 10.2 Å². The van der Waals surface area contributed by atoms with Gasteiger partial charge in [-0.1, -0.05) is 17.7 Å². The average Bonchev–Trinajstić information content (AvgIpc) is 2.68. The van der Waals surface area contributed by atoms with Crippen molar-refractivity contribution in [2.75, 3.05) is 33.3 Å². The van der Waals surface area contributed by atoms with Crippen LogP contribution in [0.5, 0.6) is 5.75 Å². The van der Waals surface area contributed by atoms with E-state index in [2.05, 4.69) is 10.2 Å².